The van der Waals surface area contributed by atoms with Crippen molar-refractivity contribution >= 4 is 12.4 Å². The van der Waals surface area contributed by atoms with Crippen LogP contribution < -0.4 is 10.5 Å². The quantitative estimate of drug-likeness (QED) is 0.839. The standard InChI is InChI=1S/C10H11F4NO2.ClH/c1-17-6-4-2-3-5(7(6)11)8(15)9(16)10(12,13)14;/h2-4,8-9,16H,15H2,1H3;1H/t8-,9-;/m1./s1. The third kappa shape index (κ3) is 3.47. The summed E-state index contributed by atoms with van der Waals surface area (Å²) in [6.07, 6.45) is -7.74. The Hall–Kier alpha value is -1.05. The minimum Gasteiger partial charge on any atom is -0.494 e. The van der Waals surface area contributed by atoms with Crippen molar-refractivity contribution in [2.45, 2.75) is 18.3 Å². The number of hydrogen-bond donors (Lipinski definition) is 2. The third-order valence-electron chi connectivity index (χ3n) is 2.25. The van der Waals surface area contributed by atoms with E-state index in [0.29, 0.717) is 0 Å². The summed E-state index contributed by atoms with van der Waals surface area (Å²) in [6, 6.07) is 1.70. The lowest BCUT2D eigenvalue weighted by atomic mass is 10.0. The van der Waals surface area contributed by atoms with E-state index in [1.165, 1.54) is 19.2 Å². The van der Waals surface area contributed by atoms with Crippen LogP contribution in [-0.4, -0.2) is 24.5 Å². The van der Waals surface area contributed by atoms with Crippen LogP contribution in [0.25, 0.3) is 0 Å². The molecule has 0 radical (unpaired) electrons. The van der Waals surface area contributed by atoms with Crippen LogP contribution in [0.15, 0.2) is 18.2 Å². The number of benzene rings is 1. The average molecular weight is 290 g/mol. The number of hydrogen-bond acceptors (Lipinski definition) is 3. The van der Waals surface area contributed by atoms with Crippen molar-refractivity contribution in [3.05, 3.63) is 29.6 Å². The van der Waals surface area contributed by atoms with Crippen molar-refractivity contribution in [2.75, 3.05) is 7.11 Å². The molecule has 104 valence electrons. The summed E-state index contributed by atoms with van der Waals surface area (Å²) in [5.74, 6) is -1.24. The van der Waals surface area contributed by atoms with Gasteiger partial charge in [-0.2, -0.15) is 13.2 Å². The van der Waals surface area contributed by atoms with E-state index in [9.17, 15) is 17.6 Å². The molecule has 3 nitrogen and oxygen atoms in total. The largest absolute Gasteiger partial charge is 0.494 e. The molecule has 18 heavy (non-hydrogen) atoms. The Balaban J connectivity index is 0.00000289. The molecule has 8 heteroatoms. The van der Waals surface area contributed by atoms with E-state index in [0.717, 1.165) is 6.07 Å². The first-order valence-corrected chi connectivity index (χ1v) is 4.61. The molecule has 0 heterocycles. The maximum atomic E-state index is 13.6. The SMILES string of the molecule is COc1cccc([C@@H](N)[C@@H](O)C(F)(F)F)c1F.Cl. The molecular formula is C10H12ClF4NO2. The molecule has 2 atom stereocenters. The highest BCUT2D eigenvalue weighted by Crippen LogP contribution is 2.32. The van der Waals surface area contributed by atoms with Gasteiger partial charge in [0, 0.05) is 5.56 Å². The third-order valence-corrected chi connectivity index (χ3v) is 2.25. The summed E-state index contributed by atoms with van der Waals surface area (Å²) in [5.41, 5.74) is 4.73. The van der Waals surface area contributed by atoms with E-state index >= 15 is 0 Å². The second-order valence-electron chi connectivity index (χ2n) is 3.38. The first kappa shape index (κ1) is 16.9. The fraction of sp³-hybridized carbons (Fsp3) is 0.400. The zero-order valence-corrected chi connectivity index (χ0v) is 10.1. The zero-order valence-electron chi connectivity index (χ0n) is 9.24. The number of aliphatic hydroxyl groups excluding tert-OH is 1. The van der Waals surface area contributed by atoms with E-state index in [1.54, 1.807) is 0 Å². The van der Waals surface area contributed by atoms with Crippen molar-refractivity contribution in [3.8, 4) is 5.75 Å². The fourth-order valence-electron chi connectivity index (χ4n) is 1.32. The second kappa shape index (κ2) is 6.21. The molecule has 0 bridgehead atoms. The molecule has 0 fully saturated rings. The molecule has 1 aromatic carbocycles. The number of rotatable bonds is 3. The van der Waals surface area contributed by atoms with Crippen LogP contribution in [0.4, 0.5) is 17.6 Å². The van der Waals surface area contributed by atoms with E-state index in [2.05, 4.69) is 4.74 Å². The highest BCUT2D eigenvalue weighted by Gasteiger charge is 2.43. The van der Waals surface area contributed by atoms with Gasteiger partial charge in [0.25, 0.3) is 0 Å². The lowest BCUT2D eigenvalue weighted by molar-refractivity contribution is -0.210. The van der Waals surface area contributed by atoms with Crippen molar-refractivity contribution in [1.29, 1.82) is 0 Å². The Labute approximate surface area is 107 Å². The summed E-state index contributed by atoms with van der Waals surface area (Å²) < 4.78 is 54.8. The van der Waals surface area contributed by atoms with Crippen LogP contribution in [0.3, 0.4) is 0 Å². The van der Waals surface area contributed by atoms with Gasteiger partial charge in [-0.05, 0) is 6.07 Å². The first-order valence-electron chi connectivity index (χ1n) is 4.61. The van der Waals surface area contributed by atoms with Gasteiger partial charge < -0.3 is 15.6 Å². The maximum absolute atomic E-state index is 13.6. The normalized spacial score (nSPS) is 14.6. The summed E-state index contributed by atoms with van der Waals surface area (Å²) >= 11 is 0. The zero-order chi connectivity index (χ0) is 13.2. The summed E-state index contributed by atoms with van der Waals surface area (Å²) in [5, 5.41) is 8.94. The smallest absolute Gasteiger partial charge is 0.416 e. The molecule has 0 saturated carbocycles. The average Bonchev–Trinajstić information content (AvgIpc) is 2.26. The topological polar surface area (TPSA) is 55.5 Å². The number of alkyl halides is 3. The lowest BCUT2D eigenvalue weighted by Gasteiger charge is -2.22. The van der Waals surface area contributed by atoms with E-state index in [1.807, 2.05) is 0 Å². The summed E-state index contributed by atoms with van der Waals surface area (Å²) in [4.78, 5) is 0. The van der Waals surface area contributed by atoms with Gasteiger partial charge in [-0.25, -0.2) is 4.39 Å². The van der Waals surface area contributed by atoms with E-state index < -0.39 is 29.7 Å². The predicted octanol–water partition coefficient (Wildman–Crippen LogP) is 2.18. The molecule has 0 saturated heterocycles. The Morgan fingerprint density at radius 1 is 1.33 bits per heavy atom. The second-order valence-corrected chi connectivity index (χ2v) is 3.38. The van der Waals surface area contributed by atoms with Gasteiger partial charge in [0.1, 0.15) is 0 Å². The van der Waals surface area contributed by atoms with Crippen LogP contribution in [0.5, 0.6) is 5.75 Å². The predicted molar refractivity (Wildman–Crippen MR) is 59.2 cm³/mol. The van der Waals surface area contributed by atoms with Crippen LogP contribution in [0.2, 0.25) is 0 Å². The fourth-order valence-corrected chi connectivity index (χ4v) is 1.32. The number of halogens is 5. The maximum Gasteiger partial charge on any atom is 0.416 e. The summed E-state index contributed by atoms with van der Waals surface area (Å²) in [7, 11) is 1.17. The molecule has 0 aliphatic carbocycles. The van der Waals surface area contributed by atoms with Crippen molar-refractivity contribution in [1.82, 2.24) is 0 Å². The Bertz CT molecular complexity index is 400. The van der Waals surface area contributed by atoms with Crippen molar-refractivity contribution in [2.24, 2.45) is 5.73 Å². The molecule has 1 rings (SSSR count). The highest BCUT2D eigenvalue weighted by molar-refractivity contribution is 5.85. The van der Waals surface area contributed by atoms with Gasteiger partial charge >= 0.3 is 6.18 Å². The van der Waals surface area contributed by atoms with Crippen molar-refractivity contribution in [3.63, 3.8) is 0 Å². The number of ether oxygens (including phenoxy) is 1. The Kier molecular flexibility index (Phi) is 5.85. The Morgan fingerprint density at radius 2 is 1.89 bits per heavy atom. The summed E-state index contributed by atoms with van der Waals surface area (Å²) in [6.45, 7) is 0. The van der Waals surface area contributed by atoms with Gasteiger partial charge in [0.15, 0.2) is 17.7 Å². The van der Waals surface area contributed by atoms with Gasteiger partial charge in [-0.3, -0.25) is 0 Å². The molecule has 0 aliphatic rings. The van der Waals surface area contributed by atoms with Gasteiger partial charge in [-0.15, -0.1) is 12.4 Å². The molecule has 1 aromatic rings. The van der Waals surface area contributed by atoms with Gasteiger partial charge in [0.2, 0.25) is 0 Å². The minimum absolute atomic E-state index is 0. The molecular weight excluding hydrogens is 278 g/mol. The van der Waals surface area contributed by atoms with Crippen LogP contribution in [-0.2, 0) is 0 Å². The van der Waals surface area contributed by atoms with E-state index in [4.69, 9.17) is 10.8 Å². The monoisotopic (exact) mass is 289 g/mol. The number of methoxy groups -OCH3 is 1. The van der Waals surface area contributed by atoms with E-state index in [-0.39, 0.29) is 18.2 Å². The molecule has 0 spiro atoms. The van der Waals surface area contributed by atoms with Gasteiger partial charge in [-0.1, -0.05) is 12.1 Å². The lowest BCUT2D eigenvalue weighted by Crippen LogP contribution is -2.39. The Morgan fingerprint density at radius 3 is 2.33 bits per heavy atom. The first-order chi connectivity index (χ1) is 7.79. The van der Waals surface area contributed by atoms with Crippen LogP contribution >= 0.6 is 12.4 Å². The van der Waals surface area contributed by atoms with Gasteiger partial charge in [0.05, 0.1) is 13.2 Å². The molecule has 0 unspecified atom stereocenters. The molecule has 0 aliphatic heterocycles. The van der Waals surface area contributed by atoms with Crippen LogP contribution in [0.1, 0.15) is 11.6 Å². The molecule has 0 amide bonds. The highest BCUT2D eigenvalue weighted by atomic mass is 35.5. The number of nitrogens with two attached hydrogens (primary N) is 1. The van der Waals surface area contributed by atoms with Crippen LogP contribution in [0, 0.1) is 5.82 Å². The number of aliphatic hydroxyl groups is 1. The molecule has 3 N–H and O–H groups in total. The van der Waals surface area contributed by atoms with Crippen molar-refractivity contribution < 1.29 is 27.4 Å². The minimum atomic E-state index is -4.91. The molecule has 0 aromatic heterocycles.